The third kappa shape index (κ3) is 3.53. The molecule has 0 spiro atoms. The molecule has 6 heteroatoms. The van der Waals surface area contributed by atoms with Crippen LogP contribution in [0.25, 0.3) is 16.6 Å². The summed E-state index contributed by atoms with van der Waals surface area (Å²) in [5.41, 5.74) is 9.34. The number of aromatic nitrogens is 1. The van der Waals surface area contributed by atoms with Crippen molar-refractivity contribution in [2.24, 2.45) is 11.7 Å². The number of nitrogens with zero attached hydrogens (tertiary/aromatic N) is 2. The summed E-state index contributed by atoms with van der Waals surface area (Å²) < 4.78 is 1.77. The van der Waals surface area contributed by atoms with Crippen LogP contribution in [0, 0.1) is 12.8 Å². The average molecular weight is 389 g/mol. The fraction of sp³-hybridized carbons (Fsp3) is 0.261. The van der Waals surface area contributed by atoms with Crippen molar-refractivity contribution >= 4 is 23.1 Å². The summed E-state index contributed by atoms with van der Waals surface area (Å²) in [6, 6.07) is 15.5. The Kier molecular flexibility index (Phi) is 4.92. The Morgan fingerprint density at radius 3 is 2.34 bits per heavy atom. The maximum absolute atomic E-state index is 13.3. The molecular formula is C23H23N3O3. The molecule has 0 radical (unpaired) electrons. The Morgan fingerprint density at radius 1 is 1.00 bits per heavy atom. The van der Waals surface area contributed by atoms with Gasteiger partial charge in [-0.1, -0.05) is 35.9 Å². The zero-order valence-electron chi connectivity index (χ0n) is 16.3. The number of ketones is 1. The molecule has 3 aromatic rings. The van der Waals surface area contributed by atoms with Crippen LogP contribution in [0.4, 0.5) is 0 Å². The Morgan fingerprint density at radius 2 is 1.69 bits per heavy atom. The van der Waals surface area contributed by atoms with Gasteiger partial charge in [0.15, 0.2) is 0 Å². The van der Waals surface area contributed by atoms with Crippen molar-refractivity contribution in [2.75, 3.05) is 13.1 Å². The Balaban J connectivity index is 1.70. The third-order valence-electron chi connectivity index (χ3n) is 5.64. The molecule has 148 valence electrons. The second-order valence-electron chi connectivity index (χ2n) is 7.57. The van der Waals surface area contributed by atoms with E-state index >= 15 is 0 Å². The number of hydrogen-bond donors (Lipinski definition) is 1. The largest absolute Gasteiger partial charge is 0.369 e. The van der Waals surface area contributed by atoms with Gasteiger partial charge in [-0.15, -0.1) is 0 Å². The summed E-state index contributed by atoms with van der Waals surface area (Å²) in [7, 11) is 0. The van der Waals surface area contributed by atoms with Crippen LogP contribution in [-0.4, -0.2) is 40.0 Å². The zero-order chi connectivity index (χ0) is 20.5. The lowest BCUT2D eigenvalue weighted by Gasteiger charge is -2.30. The Labute approximate surface area is 168 Å². The van der Waals surface area contributed by atoms with Crippen LogP contribution in [0.5, 0.6) is 0 Å². The number of piperidine rings is 1. The van der Waals surface area contributed by atoms with Crippen molar-refractivity contribution in [3.05, 3.63) is 66.0 Å². The highest BCUT2D eigenvalue weighted by molar-refractivity contribution is 6.43. The summed E-state index contributed by atoms with van der Waals surface area (Å²) in [5, 5.41) is 0. The molecule has 0 atom stereocenters. The molecule has 1 saturated heterocycles. The smallest absolute Gasteiger partial charge is 0.296 e. The highest BCUT2D eigenvalue weighted by Gasteiger charge is 2.32. The van der Waals surface area contributed by atoms with E-state index in [0.29, 0.717) is 31.6 Å². The number of pyridine rings is 1. The molecule has 2 amide bonds. The van der Waals surface area contributed by atoms with Gasteiger partial charge in [0.1, 0.15) is 5.69 Å². The summed E-state index contributed by atoms with van der Waals surface area (Å²) in [5.74, 6) is -1.65. The van der Waals surface area contributed by atoms with Crippen LogP contribution in [0.3, 0.4) is 0 Å². The molecule has 1 aliphatic heterocycles. The molecule has 2 N–H and O–H groups in total. The molecule has 1 fully saturated rings. The summed E-state index contributed by atoms with van der Waals surface area (Å²) in [6.07, 6.45) is 2.79. The van der Waals surface area contributed by atoms with Gasteiger partial charge < -0.3 is 15.0 Å². The van der Waals surface area contributed by atoms with Crippen LogP contribution < -0.4 is 5.73 Å². The molecule has 29 heavy (non-hydrogen) atoms. The number of hydrogen-bond acceptors (Lipinski definition) is 3. The van der Waals surface area contributed by atoms with Crippen molar-refractivity contribution < 1.29 is 14.4 Å². The molecule has 1 aliphatic rings. The molecule has 6 nitrogen and oxygen atoms in total. The number of rotatable bonds is 4. The minimum atomic E-state index is -0.538. The van der Waals surface area contributed by atoms with Gasteiger partial charge in [0.2, 0.25) is 5.91 Å². The standard InChI is InChI=1S/C23H23N3O3/c1-15-5-7-16(8-6-15)19-14-18-4-2-3-11-26(18)20(19)21(27)23(29)25-12-9-17(10-13-25)22(24)28/h2-8,11,14,17H,9-10,12-13H2,1H3,(H2,24,28). The van der Waals surface area contributed by atoms with Crippen molar-refractivity contribution in [3.63, 3.8) is 0 Å². The number of nitrogens with two attached hydrogens (primary N) is 1. The third-order valence-corrected chi connectivity index (χ3v) is 5.64. The number of fused-ring (bicyclic) bond motifs is 1. The number of likely N-dealkylation sites (tertiary alicyclic amines) is 1. The van der Waals surface area contributed by atoms with E-state index < -0.39 is 11.7 Å². The van der Waals surface area contributed by atoms with Gasteiger partial charge in [-0.2, -0.15) is 0 Å². The number of carbonyl (C=O) groups excluding carboxylic acids is 3. The predicted molar refractivity (Wildman–Crippen MR) is 110 cm³/mol. The normalized spacial score (nSPS) is 14.9. The number of amides is 2. The molecule has 0 aliphatic carbocycles. The van der Waals surface area contributed by atoms with Gasteiger partial charge >= 0.3 is 0 Å². The minimum absolute atomic E-state index is 0.230. The van der Waals surface area contributed by atoms with Crippen molar-refractivity contribution in [1.82, 2.24) is 9.30 Å². The highest BCUT2D eigenvalue weighted by atomic mass is 16.2. The van der Waals surface area contributed by atoms with Gasteiger partial charge in [-0.3, -0.25) is 14.4 Å². The summed E-state index contributed by atoms with van der Waals surface area (Å²) in [4.78, 5) is 39.2. The molecule has 3 heterocycles. The van der Waals surface area contributed by atoms with E-state index in [1.165, 1.54) is 4.90 Å². The van der Waals surface area contributed by atoms with E-state index in [-0.39, 0.29) is 11.8 Å². The monoisotopic (exact) mass is 389 g/mol. The number of benzene rings is 1. The molecule has 0 saturated carbocycles. The average Bonchev–Trinajstić information content (AvgIpc) is 3.12. The van der Waals surface area contributed by atoms with Crippen LogP contribution in [0.2, 0.25) is 0 Å². The lowest BCUT2D eigenvalue weighted by Crippen LogP contribution is -2.44. The van der Waals surface area contributed by atoms with E-state index in [9.17, 15) is 14.4 Å². The first-order valence-corrected chi connectivity index (χ1v) is 9.76. The van der Waals surface area contributed by atoms with E-state index in [1.807, 2.05) is 55.5 Å². The minimum Gasteiger partial charge on any atom is -0.369 e. The quantitative estimate of drug-likeness (QED) is 0.550. The van der Waals surface area contributed by atoms with Crippen molar-refractivity contribution in [2.45, 2.75) is 19.8 Å². The second kappa shape index (κ2) is 7.54. The lowest BCUT2D eigenvalue weighted by molar-refractivity contribution is -0.131. The Bertz CT molecular complexity index is 1090. The van der Waals surface area contributed by atoms with Gasteiger partial charge in [0.25, 0.3) is 11.7 Å². The van der Waals surface area contributed by atoms with Crippen LogP contribution in [0.1, 0.15) is 28.9 Å². The number of primary amides is 1. The molecule has 1 aromatic carbocycles. The maximum atomic E-state index is 13.3. The molecule has 4 rings (SSSR count). The van der Waals surface area contributed by atoms with Crippen LogP contribution in [0.15, 0.2) is 54.7 Å². The number of carbonyl (C=O) groups is 3. The fourth-order valence-corrected chi connectivity index (χ4v) is 3.92. The van der Waals surface area contributed by atoms with Gasteiger partial charge in [-0.05, 0) is 43.5 Å². The summed E-state index contributed by atoms with van der Waals surface area (Å²) >= 11 is 0. The SMILES string of the molecule is Cc1ccc(-c2cc3ccccn3c2C(=O)C(=O)N2CCC(C(N)=O)CC2)cc1. The molecule has 0 bridgehead atoms. The highest BCUT2D eigenvalue weighted by Crippen LogP contribution is 2.29. The first-order chi connectivity index (χ1) is 14.0. The predicted octanol–water partition coefficient (Wildman–Crippen LogP) is 2.82. The maximum Gasteiger partial charge on any atom is 0.296 e. The summed E-state index contributed by atoms with van der Waals surface area (Å²) in [6.45, 7) is 2.73. The van der Waals surface area contributed by atoms with Crippen LogP contribution in [-0.2, 0) is 9.59 Å². The first kappa shape index (κ1) is 18.9. The van der Waals surface area contributed by atoms with Gasteiger partial charge in [0, 0.05) is 36.3 Å². The fourth-order valence-electron chi connectivity index (χ4n) is 3.92. The lowest BCUT2D eigenvalue weighted by atomic mass is 9.95. The number of Topliss-reactive ketones (excluding diaryl/α,β-unsaturated/α-hetero) is 1. The number of aryl methyl sites for hydroxylation is 1. The topological polar surface area (TPSA) is 84.9 Å². The molecule has 0 unspecified atom stereocenters. The van der Waals surface area contributed by atoms with Gasteiger partial charge in [-0.25, -0.2) is 0 Å². The van der Waals surface area contributed by atoms with Crippen molar-refractivity contribution in [1.29, 1.82) is 0 Å². The van der Waals surface area contributed by atoms with E-state index in [4.69, 9.17) is 5.73 Å². The molecular weight excluding hydrogens is 366 g/mol. The van der Waals surface area contributed by atoms with Gasteiger partial charge in [0.05, 0.1) is 0 Å². The van der Waals surface area contributed by atoms with E-state index in [2.05, 4.69) is 0 Å². The Hall–Kier alpha value is -3.41. The molecule has 2 aromatic heterocycles. The second-order valence-corrected chi connectivity index (χ2v) is 7.57. The van der Waals surface area contributed by atoms with E-state index in [0.717, 1.165) is 22.2 Å². The van der Waals surface area contributed by atoms with Crippen molar-refractivity contribution in [3.8, 4) is 11.1 Å². The first-order valence-electron chi connectivity index (χ1n) is 9.76. The van der Waals surface area contributed by atoms with E-state index in [1.54, 1.807) is 10.6 Å². The zero-order valence-corrected chi connectivity index (χ0v) is 16.3. The van der Waals surface area contributed by atoms with Crippen LogP contribution >= 0.6 is 0 Å².